The van der Waals surface area contributed by atoms with Gasteiger partial charge in [0.15, 0.2) is 0 Å². The summed E-state index contributed by atoms with van der Waals surface area (Å²) in [4.78, 5) is 4.90. The average molecular weight is 469 g/mol. The fourth-order valence-electron chi connectivity index (χ4n) is 3.45. The number of pyridine rings is 1. The number of benzene rings is 3. The van der Waals surface area contributed by atoms with Gasteiger partial charge in [-0.25, -0.2) is 4.98 Å². The van der Waals surface area contributed by atoms with Crippen LogP contribution in [0.4, 0.5) is 0 Å². The Kier molecular flexibility index (Phi) is 8.08. The van der Waals surface area contributed by atoms with Crippen LogP contribution in [0.15, 0.2) is 96.0 Å². The molecule has 5 heteroatoms. The Hall–Kier alpha value is -3.20. The average Bonchev–Trinajstić information content (AvgIpc) is 2.89. The summed E-state index contributed by atoms with van der Waals surface area (Å²) in [6, 6.07) is 32.9. The third-order valence-electron chi connectivity index (χ3n) is 5.15. The molecule has 4 aromatic rings. The van der Waals surface area contributed by atoms with Crippen molar-refractivity contribution in [3.05, 3.63) is 102 Å². The second kappa shape index (κ2) is 11.6. The zero-order valence-electron chi connectivity index (χ0n) is 18.4. The summed E-state index contributed by atoms with van der Waals surface area (Å²) in [6.07, 6.45) is 0. The highest BCUT2D eigenvalue weighted by molar-refractivity contribution is 8.02. The molecule has 0 aliphatic rings. The van der Waals surface area contributed by atoms with Crippen LogP contribution in [-0.2, 0) is 5.75 Å². The van der Waals surface area contributed by atoms with Gasteiger partial charge in [0, 0.05) is 28.4 Å². The van der Waals surface area contributed by atoms with Crippen molar-refractivity contribution in [2.24, 2.45) is 0 Å². The lowest BCUT2D eigenvalue weighted by Gasteiger charge is -2.13. The molecule has 0 unspecified atom stereocenters. The van der Waals surface area contributed by atoms with E-state index >= 15 is 0 Å². The molecule has 33 heavy (non-hydrogen) atoms. The minimum absolute atomic E-state index is 0.636. The molecular weight excluding hydrogens is 444 g/mol. The number of rotatable bonds is 9. The summed E-state index contributed by atoms with van der Waals surface area (Å²) in [6.45, 7) is 0. The van der Waals surface area contributed by atoms with Crippen molar-refractivity contribution < 1.29 is 4.74 Å². The molecule has 1 heterocycles. The Morgan fingerprint density at radius 1 is 0.848 bits per heavy atom. The number of aromatic nitrogens is 1. The van der Waals surface area contributed by atoms with Crippen molar-refractivity contribution >= 4 is 23.5 Å². The van der Waals surface area contributed by atoms with Gasteiger partial charge in [0.05, 0.1) is 18.4 Å². The molecule has 4 rings (SSSR count). The van der Waals surface area contributed by atoms with E-state index in [-0.39, 0.29) is 0 Å². The molecule has 0 saturated carbocycles. The van der Waals surface area contributed by atoms with Gasteiger partial charge in [0.25, 0.3) is 0 Å². The molecule has 0 aliphatic carbocycles. The fourth-order valence-corrected chi connectivity index (χ4v) is 5.48. The summed E-state index contributed by atoms with van der Waals surface area (Å²) in [5.74, 6) is 3.67. The molecule has 3 aromatic carbocycles. The summed E-state index contributed by atoms with van der Waals surface area (Å²) in [5.41, 5.74) is 5.75. The lowest BCUT2D eigenvalue weighted by atomic mass is 9.99. The standard InChI is InChI=1S/C28H24N2OS2/c1-31-24-14-12-23(13-15-24)27-18-25(22-10-6-3-7-11-22)26(19-29)28(30-27)33-17-16-32-20-21-8-4-2-5-9-21/h2-15,18H,16-17,20H2,1H3. The molecule has 0 aliphatic heterocycles. The third-order valence-corrected chi connectivity index (χ3v) is 7.41. The van der Waals surface area contributed by atoms with Crippen LogP contribution < -0.4 is 4.74 Å². The largest absolute Gasteiger partial charge is 0.497 e. The molecule has 164 valence electrons. The van der Waals surface area contributed by atoms with Crippen LogP contribution in [0.2, 0.25) is 0 Å². The second-order valence-electron chi connectivity index (χ2n) is 7.33. The highest BCUT2D eigenvalue weighted by Crippen LogP contribution is 2.34. The topological polar surface area (TPSA) is 45.9 Å². The van der Waals surface area contributed by atoms with Crippen molar-refractivity contribution in [1.82, 2.24) is 4.98 Å². The van der Waals surface area contributed by atoms with Crippen LogP contribution in [0, 0.1) is 11.3 Å². The van der Waals surface area contributed by atoms with Crippen molar-refractivity contribution in [2.45, 2.75) is 10.8 Å². The van der Waals surface area contributed by atoms with E-state index in [1.807, 2.05) is 78.5 Å². The normalized spacial score (nSPS) is 10.5. The van der Waals surface area contributed by atoms with Gasteiger partial charge in [-0.05, 0) is 41.5 Å². The van der Waals surface area contributed by atoms with Crippen LogP contribution in [-0.4, -0.2) is 23.6 Å². The maximum absolute atomic E-state index is 10.0. The number of thioether (sulfide) groups is 2. The Bertz CT molecular complexity index is 1220. The molecule has 0 atom stereocenters. The van der Waals surface area contributed by atoms with Crippen LogP contribution in [0.1, 0.15) is 11.1 Å². The van der Waals surface area contributed by atoms with Crippen molar-refractivity contribution in [2.75, 3.05) is 18.6 Å². The Morgan fingerprint density at radius 2 is 1.55 bits per heavy atom. The smallest absolute Gasteiger partial charge is 0.118 e. The number of methoxy groups -OCH3 is 1. The molecule has 0 fully saturated rings. The predicted molar refractivity (Wildman–Crippen MR) is 140 cm³/mol. The summed E-state index contributed by atoms with van der Waals surface area (Å²) >= 11 is 3.55. The van der Waals surface area contributed by atoms with Crippen molar-refractivity contribution in [1.29, 1.82) is 5.26 Å². The Labute approximate surface area is 203 Å². The van der Waals surface area contributed by atoms with Gasteiger partial charge >= 0.3 is 0 Å². The molecule has 0 radical (unpaired) electrons. The summed E-state index contributed by atoms with van der Waals surface area (Å²) in [5, 5.41) is 10.8. The van der Waals surface area contributed by atoms with E-state index in [4.69, 9.17) is 9.72 Å². The second-order valence-corrected chi connectivity index (χ2v) is 9.52. The zero-order chi connectivity index (χ0) is 22.9. The highest BCUT2D eigenvalue weighted by atomic mass is 32.2. The fraction of sp³-hybridized carbons (Fsp3) is 0.143. The molecule has 1 aromatic heterocycles. The van der Waals surface area contributed by atoms with Gasteiger partial charge in [-0.1, -0.05) is 60.7 Å². The maximum Gasteiger partial charge on any atom is 0.118 e. The van der Waals surface area contributed by atoms with Gasteiger partial charge < -0.3 is 4.74 Å². The molecule has 0 saturated heterocycles. The molecule has 0 amide bonds. The molecule has 0 N–H and O–H groups in total. The monoisotopic (exact) mass is 468 g/mol. The number of nitrogens with zero attached hydrogens (tertiary/aromatic N) is 2. The Morgan fingerprint density at radius 3 is 2.21 bits per heavy atom. The minimum atomic E-state index is 0.636. The first-order valence-corrected chi connectivity index (χ1v) is 12.8. The van der Waals surface area contributed by atoms with Crippen LogP contribution in [0.25, 0.3) is 22.4 Å². The first kappa shape index (κ1) is 23.0. The first-order valence-electron chi connectivity index (χ1n) is 10.7. The number of hydrogen-bond acceptors (Lipinski definition) is 5. The van der Waals surface area contributed by atoms with E-state index in [9.17, 15) is 5.26 Å². The van der Waals surface area contributed by atoms with E-state index < -0.39 is 0 Å². The van der Waals surface area contributed by atoms with E-state index in [0.29, 0.717) is 5.56 Å². The number of hydrogen-bond donors (Lipinski definition) is 0. The zero-order valence-corrected chi connectivity index (χ0v) is 20.0. The molecule has 0 spiro atoms. The van der Waals surface area contributed by atoms with Crippen LogP contribution in [0.3, 0.4) is 0 Å². The van der Waals surface area contributed by atoms with Gasteiger partial charge in [-0.3, -0.25) is 0 Å². The number of nitriles is 1. The van der Waals surface area contributed by atoms with Gasteiger partial charge in [-0.2, -0.15) is 17.0 Å². The van der Waals surface area contributed by atoms with Crippen molar-refractivity contribution in [3.8, 4) is 34.2 Å². The van der Waals surface area contributed by atoms with Crippen LogP contribution >= 0.6 is 23.5 Å². The van der Waals surface area contributed by atoms with E-state index in [0.717, 1.165) is 50.4 Å². The van der Waals surface area contributed by atoms with Crippen molar-refractivity contribution in [3.63, 3.8) is 0 Å². The molecule has 0 bridgehead atoms. The van der Waals surface area contributed by atoms with E-state index in [1.54, 1.807) is 18.9 Å². The summed E-state index contributed by atoms with van der Waals surface area (Å²) in [7, 11) is 1.66. The van der Waals surface area contributed by atoms with E-state index in [1.165, 1.54) is 5.56 Å². The molecule has 3 nitrogen and oxygen atoms in total. The summed E-state index contributed by atoms with van der Waals surface area (Å²) < 4.78 is 5.30. The molecular formula is C28H24N2OS2. The SMILES string of the molecule is COc1ccc(-c2cc(-c3ccccc3)c(C#N)c(SCCSCc3ccccc3)n2)cc1. The third kappa shape index (κ3) is 5.98. The lowest BCUT2D eigenvalue weighted by Crippen LogP contribution is -1.97. The number of ether oxygens (including phenoxy) is 1. The van der Waals surface area contributed by atoms with Gasteiger partial charge in [0.1, 0.15) is 16.8 Å². The van der Waals surface area contributed by atoms with Gasteiger partial charge in [0.2, 0.25) is 0 Å². The highest BCUT2D eigenvalue weighted by Gasteiger charge is 2.16. The quantitative estimate of drug-likeness (QED) is 0.190. The minimum Gasteiger partial charge on any atom is -0.497 e. The van der Waals surface area contributed by atoms with E-state index in [2.05, 4.69) is 30.3 Å². The Balaban J connectivity index is 1.59. The van der Waals surface area contributed by atoms with Crippen LogP contribution in [0.5, 0.6) is 5.75 Å². The van der Waals surface area contributed by atoms with Gasteiger partial charge in [-0.15, -0.1) is 11.8 Å². The lowest BCUT2D eigenvalue weighted by molar-refractivity contribution is 0.415. The maximum atomic E-state index is 10.0. The predicted octanol–water partition coefficient (Wildman–Crippen LogP) is 7.32. The first-order chi connectivity index (χ1) is 16.3.